The average Bonchev–Trinajstić information content (AvgIpc) is 2.38. The van der Waals surface area contributed by atoms with Gasteiger partial charge in [-0.3, -0.25) is 0 Å². The lowest BCUT2D eigenvalue weighted by molar-refractivity contribution is 0.0690. The Labute approximate surface area is 103 Å². The van der Waals surface area contributed by atoms with E-state index in [1.165, 1.54) is 6.07 Å². The fraction of sp³-hybridized carbons (Fsp3) is 0.0833. The first-order chi connectivity index (χ1) is 8.60. The van der Waals surface area contributed by atoms with Crippen LogP contribution < -0.4 is 10.5 Å². The predicted molar refractivity (Wildman–Crippen MR) is 65.4 cm³/mol. The predicted octanol–water partition coefficient (Wildman–Crippen LogP) is 1.43. The molecule has 6 nitrogen and oxygen atoms in total. The Morgan fingerprint density at radius 3 is 2.78 bits per heavy atom. The van der Waals surface area contributed by atoms with E-state index in [9.17, 15) is 4.79 Å². The summed E-state index contributed by atoms with van der Waals surface area (Å²) in [6, 6.07) is 8.21. The second kappa shape index (κ2) is 4.70. The van der Waals surface area contributed by atoms with E-state index in [-0.39, 0.29) is 17.3 Å². The molecule has 2 rings (SSSR count). The third-order valence-electron chi connectivity index (χ3n) is 2.29. The minimum Gasteiger partial charge on any atom is -0.497 e. The molecule has 2 aromatic rings. The fourth-order valence-corrected chi connectivity index (χ4v) is 1.47. The van der Waals surface area contributed by atoms with Gasteiger partial charge >= 0.3 is 5.97 Å². The van der Waals surface area contributed by atoms with Crippen LogP contribution in [0.2, 0.25) is 0 Å². The maximum absolute atomic E-state index is 10.9. The van der Waals surface area contributed by atoms with Crippen molar-refractivity contribution >= 4 is 11.8 Å². The zero-order valence-corrected chi connectivity index (χ0v) is 9.62. The molecular weight excluding hydrogens is 234 g/mol. The van der Waals surface area contributed by atoms with Crippen molar-refractivity contribution in [3.8, 4) is 17.1 Å². The van der Waals surface area contributed by atoms with E-state index < -0.39 is 5.97 Å². The second-order valence-corrected chi connectivity index (χ2v) is 3.54. The van der Waals surface area contributed by atoms with E-state index in [0.717, 1.165) is 0 Å². The smallest absolute Gasteiger partial charge is 0.354 e. The van der Waals surface area contributed by atoms with Crippen LogP contribution in [0.1, 0.15) is 10.5 Å². The molecule has 0 atom stereocenters. The quantitative estimate of drug-likeness (QED) is 0.848. The third-order valence-corrected chi connectivity index (χ3v) is 2.29. The highest BCUT2D eigenvalue weighted by Gasteiger charge is 2.10. The first kappa shape index (κ1) is 11.8. The molecule has 0 saturated carbocycles. The van der Waals surface area contributed by atoms with Crippen LogP contribution in [-0.4, -0.2) is 28.2 Å². The number of carbonyl (C=O) groups is 1. The van der Waals surface area contributed by atoms with Gasteiger partial charge < -0.3 is 15.6 Å². The highest BCUT2D eigenvalue weighted by atomic mass is 16.5. The summed E-state index contributed by atoms with van der Waals surface area (Å²) in [6.45, 7) is 0. The van der Waals surface area contributed by atoms with Crippen molar-refractivity contribution in [3.63, 3.8) is 0 Å². The molecule has 0 aliphatic rings. The van der Waals surface area contributed by atoms with Crippen LogP contribution in [-0.2, 0) is 0 Å². The van der Waals surface area contributed by atoms with Crippen LogP contribution in [0.3, 0.4) is 0 Å². The number of ether oxygens (including phenoxy) is 1. The molecule has 0 spiro atoms. The van der Waals surface area contributed by atoms with Gasteiger partial charge in [0.25, 0.3) is 0 Å². The van der Waals surface area contributed by atoms with Crippen LogP contribution in [0.25, 0.3) is 11.4 Å². The van der Waals surface area contributed by atoms with Gasteiger partial charge in [-0.05, 0) is 12.1 Å². The number of nitrogens with two attached hydrogens (primary N) is 1. The van der Waals surface area contributed by atoms with Gasteiger partial charge in [0.05, 0.1) is 7.11 Å². The third kappa shape index (κ3) is 2.37. The molecule has 0 amide bonds. The maximum atomic E-state index is 10.9. The lowest BCUT2D eigenvalue weighted by Gasteiger charge is -2.05. The normalized spacial score (nSPS) is 10.1. The average molecular weight is 245 g/mol. The number of rotatable bonds is 3. The number of carboxylic acids is 1. The number of carboxylic acid groups (broad SMARTS) is 1. The van der Waals surface area contributed by atoms with Crippen molar-refractivity contribution < 1.29 is 14.6 Å². The zero-order chi connectivity index (χ0) is 13.1. The van der Waals surface area contributed by atoms with Crippen molar-refractivity contribution in [1.29, 1.82) is 0 Å². The first-order valence-electron chi connectivity index (χ1n) is 5.12. The molecule has 0 unspecified atom stereocenters. The molecule has 0 aliphatic carbocycles. The summed E-state index contributed by atoms with van der Waals surface area (Å²) in [4.78, 5) is 18.8. The molecule has 0 bridgehead atoms. The minimum absolute atomic E-state index is 0.111. The van der Waals surface area contributed by atoms with Gasteiger partial charge in [0.15, 0.2) is 11.5 Å². The molecule has 3 N–H and O–H groups in total. The van der Waals surface area contributed by atoms with Crippen LogP contribution in [0.4, 0.5) is 5.82 Å². The second-order valence-electron chi connectivity index (χ2n) is 3.54. The van der Waals surface area contributed by atoms with Gasteiger partial charge in [0, 0.05) is 11.6 Å². The lowest BCUT2D eigenvalue weighted by atomic mass is 10.2. The summed E-state index contributed by atoms with van der Waals surface area (Å²) in [6.07, 6.45) is 0. The summed E-state index contributed by atoms with van der Waals surface area (Å²) in [5.74, 6) is -0.143. The van der Waals surface area contributed by atoms with Crippen molar-refractivity contribution in [2.75, 3.05) is 12.8 Å². The SMILES string of the molecule is COc1cccc(-c2nc(N)cc(C(=O)O)n2)c1. The molecule has 1 aromatic heterocycles. The molecule has 92 valence electrons. The molecule has 18 heavy (non-hydrogen) atoms. The number of hydrogen-bond acceptors (Lipinski definition) is 5. The molecule has 0 saturated heterocycles. The summed E-state index contributed by atoms with van der Waals surface area (Å²) in [5, 5.41) is 8.91. The summed E-state index contributed by atoms with van der Waals surface area (Å²) >= 11 is 0. The Balaban J connectivity index is 2.52. The Hall–Kier alpha value is -2.63. The van der Waals surface area contributed by atoms with Gasteiger partial charge in [-0.2, -0.15) is 0 Å². The Bertz CT molecular complexity index is 599. The monoisotopic (exact) mass is 245 g/mol. The Morgan fingerprint density at radius 1 is 1.33 bits per heavy atom. The largest absolute Gasteiger partial charge is 0.497 e. The van der Waals surface area contributed by atoms with Crippen LogP contribution in [0.15, 0.2) is 30.3 Å². The lowest BCUT2D eigenvalue weighted by Crippen LogP contribution is -2.05. The highest BCUT2D eigenvalue weighted by molar-refractivity contribution is 5.86. The fourth-order valence-electron chi connectivity index (χ4n) is 1.47. The van der Waals surface area contributed by atoms with E-state index in [2.05, 4.69) is 9.97 Å². The molecule has 1 heterocycles. The molecule has 0 radical (unpaired) electrons. The van der Waals surface area contributed by atoms with E-state index in [1.807, 2.05) is 0 Å². The van der Waals surface area contributed by atoms with E-state index in [1.54, 1.807) is 31.4 Å². The number of aromatic nitrogens is 2. The first-order valence-corrected chi connectivity index (χ1v) is 5.12. The molecule has 1 aromatic carbocycles. The van der Waals surface area contributed by atoms with Crippen molar-refractivity contribution in [2.24, 2.45) is 0 Å². The topological polar surface area (TPSA) is 98.3 Å². The number of methoxy groups -OCH3 is 1. The van der Waals surface area contributed by atoms with Crippen LogP contribution >= 0.6 is 0 Å². The summed E-state index contributed by atoms with van der Waals surface area (Å²) < 4.78 is 5.08. The number of nitrogens with zero attached hydrogens (tertiary/aromatic N) is 2. The number of benzene rings is 1. The molecular formula is C12H11N3O3. The van der Waals surface area contributed by atoms with Gasteiger partial charge in [-0.1, -0.05) is 12.1 Å². The zero-order valence-electron chi connectivity index (χ0n) is 9.62. The van der Waals surface area contributed by atoms with Gasteiger partial charge in [-0.15, -0.1) is 0 Å². The van der Waals surface area contributed by atoms with E-state index in [4.69, 9.17) is 15.6 Å². The number of nitrogen functional groups attached to an aromatic ring is 1. The number of aromatic carboxylic acids is 1. The van der Waals surface area contributed by atoms with Gasteiger partial charge in [0.2, 0.25) is 0 Å². The number of hydrogen-bond donors (Lipinski definition) is 2. The van der Waals surface area contributed by atoms with Crippen molar-refractivity contribution in [2.45, 2.75) is 0 Å². The van der Waals surface area contributed by atoms with Crippen molar-refractivity contribution in [1.82, 2.24) is 9.97 Å². The van der Waals surface area contributed by atoms with Crippen LogP contribution in [0.5, 0.6) is 5.75 Å². The minimum atomic E-state index is -1.15. The molecule has 0 fully saturated rings. The molecule has 6 heteroatoms. The Kier molecular flexibility index (Phi) is 3.09. The molecule has 0 aliphatic heterocycles. The van der Waals surface area contributed by atoms with E-state index in [0.29, 0.717) is 11.3 Å². The number of anilines is 1. The van der Waals surface area contributed by atoms with Gasteiger partial charge in [-0.25, -0.2) is 14.8 Å². The standard InChI is InChI=1S/C12H11N3O3/c1-18-8-4-2-3-7(5-8)11-14-9(12(16)17)6-10(13)15-11/h2-6H,1H3,(H,16,17)(H2,13,14,15). The van der Waals surface area contributed by atoms with Gasteiger partial charge in [0.1, 0.15) is 11.6 Å². The summed E-state index contributed by atoms with van der Waals surface area (Å²) in [5.41, 5.74) is 6.06. The summed E-state index contributed by atoms with van der Waals surface area (Å²) in [7, 11) is 1.54. The maximum Gasteiger partial charge on any atom is 0.354 e. The Morgan fingerprint density at radius 2 is 2.11 bits per heavy atom. The van der Waals surface area contributed by atoms with E-state index >= 15 is 0 Å². The highest BCUT2D eigenvalue weighted by Crippen LogP contribution is 2.21. The van der Waals surface area contributed by atoms with Crippen molar-refractivity contribution in [3.05, 3.63) is 36.0 Å². The van der Waals surface area contributed by atoms with Crippen LogP contribution in [0, 0.1) is 0 Å².